The highest BCUT2D eigenvalue weighted by molar-refractivity contribution is 7.20. The highest BCUT2D eigenvalue weighted by Crippen LogP contribution is 2.30. The molecular weight excluding hydrogens is 415 g/mol. The maximum absolute atomic E-state index is 14.9. The number of carbonyl (C=O) groups excluding carboxylic acids is 1. The summed E-state index contributed by atoms with van der Waals surface area (Å²) in [4.78, 5) is 31.2. The summed E-state index contributed by atoms with van der Waals surface area (Å²) in [6, 6.07) is 3.44. The zero-order valence-electron chi connectivity index (χ0n) is 15.8. The van der Waals surface area contributed by atoms with Crippen LogP contribution in [0, 0.1) is 12.7 Å². The number of nitrogens with zero attached hydrogens (tertiary/aromatic N) is 2. The summed E-state index contributed by atoms with van der Waals surface area (Å²) in [6.07, 6.45) is 2.29. The first-order valence-electron chi connectivity index (χ1n) is 9.39. The van der Waals surface area contributed by atoms with Crippen LogP contribution < -0.4 is 16.2 Å². The number of hydrogen-bond donors (Lipinski definition) is 2. The van der Waals surface area contributed by atoms with Gasteiger partial charge in [0.05, 0.1) is 16.0 Å². The maximum atomic E-state index is 14.9. The highest BCUT2D eigenvalue weighted by atomic mass is 35.5. The molecule has 0 unspecified atom stereocenters. The maximum Gasteiger partial charge on any atom is 0.266 e. The van der Waals surface area contributed by atoms with E-state index in [1.54, 1.807) is 17.6 Å². The molecular formula is C20H20ClFN4O2S. The van der Waals surface area contributed by atoms with Gasteiger partial charge >= 0.3 is 0 Å². The van der Waals surface area contributed by atoms with E-state index in [1.165, 1.54) is 11.3 Å². The third-order valence-electron chi connectivity index (χ3n) is 5.57. The van der Waals surface area contributed by atoms with Crippen LogP contribution in [0.5, 0.6) is 0 Å². The Hall–Kier alpha value is -2.29. The Balaban J connectivity index is 0.00000205. The third kappa shape index (κ3) is 3.15. The van der Waals surface area contributed by atoms with Gasteiger partial charge in [-0.05, 0) is 49.1 Å². The lowest BCUT2D eigenvalue weighted by molar-refractivity contribution is 0.102. The molecule has 9 heteroatoms. The van der Waals surface area contributed by atoms with Crippen LogP contribution in [0.1, 0.15) is 38.6 Å². The van der Waals surface area contributed by atoms with Crippen molar-refractivity contribution in [1.29, 1.82) is 0 Å². The predicted molar refractivity (Wildman–Crippen MR) is 114 cm³/mol. The van der Waals surface area contributed by atoms with E-state index in [2.05, 4.69) is 15.6 Å². The SMILES string of the molecule is Cc1c(C(=O)Nc2ccc3c(c2F)CCNC3)sc2nc3n(c(=O)c12)CCC3.Cl. The predicted octanol–water partition coefficient (Wildman–Crippen LogP) is 3.17. The minimum absolute atomic E-state index is 0. The third-order valence-corrected chi connectivity index (χ3v) is 6.76. The summed E-state index contributed by atoms with van der Waals surface area (Å²) >= 11 is 1.20. The van der Waals surface area contributed by atoms with Crippen LogP contribution in [0.15, 0.2) is 16.9 Å². The standard InChI is InChI=1S/C20H19FN4O2S.ClH/c1-10-15-19(24-14-3-2-8-25(14)20(15)27)28-17(10)18(26)23-13-5-4-11-9-22-7-6-12(11)16(13)21;/h4-5,22H,2-3,6-9H2,1H3,(H,23,26);1H. The van der Waals surface area contributed by atoms with E-state index >= 15 is 0 Å². The quantitative estimate of drug-likeness (QED) is 0.649. The molecule has 0 atom stereocenters. The van der Waals surface area contributed by atoms with E-state index in [0.29, 0.717) is 45.7 Å². The van der Waals surface area contributed by atoms with Crippen LogP contribution in [-0.2, 0) is 25.9 Å². The molecule has 2 N–H and O–H groups in total. The van der Waals surface area contributed by atoms with E-state index in [4.69, 9.17) is 0 Å². The Morgan fingerprint density at radius 1 is 1.34 bits per heavy atom. The molecule has 0 saturated heterocycles. The summed E-state index contributed by atoms with van der Waals surface area (Å²) in [5.41, 5.74) is 2.28. The smallest absolute Gasteiger partial charge is 0.266 e. The molecule has 152 valence electrons. The van der Waals surface area contributed by atoms with Gasteiger partial charge in [-0.25, -0.2) is 9.37 Å². The average Bonchev–Trinajstić information content (AvgIpc) is 3.29. The molecule has 1 amide bonds. The number of rotatable bonds is 2. The Morgan fingerprint density at radius 3 is 3.00 bits per heavy atom. The Bertz CT molecular complexity index is 1200. The molecule has 1 aromatic carbocycles. The summed E-state index contributed by atoms with van der Waals surface area (Å²) < 4.78 is 16.5. The zero-order valence-corrected chi connectivity index (χ0v) is 17.4. The van der Waals surface area contributed by atoms with Gasteiger partial charge in [-0.2, -0.15) is 0 Å². The van der Waals surface area contributed by atoms with Gasteiger partial charge < -0.3 is 10.6 Å². The van der Waals surface area contributed by atoms with Gasteiger partial charge in [0.25, 0.3) is 11.5 Å². The number of thiophene rings is 1. The van der Waals surface area contributed by atoms with Gasteiger partial charge in [0.2, 0.25) is 0 Å². The average molecular weight is 435 g/mol. The van der Waals surface area contributed by atoms with Crippen LogP contribution in [0.2, 0.25) is 0 Å². The molecule has 6 nitrogen and oxygen atoms in total. The summed E-state index contributed by atoms with van der Waals surface area (Å²) in [5.74, 6) is 0.00109. The molecule has 2 aromatic heterocycles. The second-order valence-electron chi connectivity index (χ2n) is 7.27. The second-order valence-corrected chi connectivity index (χ2v) is 8.27. The Morgan fingerprint density at radius 2 is 2.17 bits per heavy atom. The number of amides is 1. The van der Waals surface area contributed by atoms with Gasteiger partial charge in [0, 0.05) is 19.5 Å². The molecule has 5 rings (SSSR count). The molecule has 0 radical (unpaired) electrons. The minimum atomic E-state index is -0.405. The van der Waals surface area contributed by atoms with Gasteiger partial charge in [-0.3, -0.25) is 14.2 Å². The topological polar surface area (TPSA) is 76.0 Å². The van der Waals surface area contributed by atoms with Crippen LogP contribution in [0.4, 0.5) is 10.1 Å². The van der Waals surface area contributed by atoms with Crippen molar-refractivity contribution in [2.75, 3.05) is 11.9 Å². The van der Waals surface area contributed by atoms with E-state index in [9.17, 15) is 14.0 Å². The summed E-state index contributed by atoms with van der Waals surface area (Å²) in [7, 11) is 0. The fourth-order valence-corrected chi connectivity index (χ4v) is 5.19. The van der Waals surface area contributed by atoms with Crippen LogP contribution >= 0.6 is 23.7 Å². The van der Waals surface area contributed by atoms with E-state index in [-0.39, 0.29) is 29.5 Å². The molecule has 4 heterocycles. The van der Waals surface area contributed by atoms with Crippen LogP contribution in [-0.4, -0.2) is 22.0 Å². The molecule has 2 aliphatic heterocycles. The lowest BCUT2D eigenvalue weighted by Crippen LogP contribution is -2.25. The van der Waals surface area contributed by atoms with E-state index < -0.39 is 5.91 Å². The molecule has 0 spiro atoms. The molecule has 29 heavy (non-hydrogen) atoms. The van der Waals surface area contributed by atoms with E-state index in [1.807, 2.05) is 6.07 Å². The van der Waals surface area contributed by atoms with Crippen molar-refractivity contribution in [1.82, 2.24) is 14.9 Å². The fraction of sp³-hybridized carbons (Fsp3) is 0.350. The molecule has 3 aromatic rings. The van der Waals surface area contributed by atoms with Crippen LogP contribution in [0.25, 0.3) is 10.2 Å². The van der Waals surface area contributed by atoms with Crippen molar-refractivity contribution < 1.29 is 9.18 Å². The van der Waals surface area contributed by atoms with Gasteiger partial charge in [0.15, 0.2) is 0 Å². The first-order chi connectivity index (χ1) is 13.5. The number of aryl methyl sites for hydroxylation is 2. The first kappa shape index (κ1) is 20.0. The number of fused-ring (bicyclic) bond motifs is 3. The number of aromatic nitrogens is 2. The van der Waals surface area contributed by atoms with Crippen molar-refractivity contribution in [3.8, 4) is 0 Å². The largest absolute Gasteiger partial charge is 0.319 e. The number of hydrogen-bond acceptors (Lipinski definition) is 5. The molecule has 0 bridgehead atoms. The Kier molecular flexibility index (Phi) is 5.18. The van der Waals surface area contributed by atoms with Crippen LogP contribution in [0.3, 0.4) is 0 Å². The number of carbonyl (C=O) groups is 1. The molecule has 0 fully saturated rings. The zero-order chi connectivity index (χ0) is 19.4. The monoisotopic (exact) mass is 434 g/mol. The fourth-order valence-electron chi connectivity index (χ4n) is 4.10. The van der Waals surface area contributed by atoms with Crippen molar-refractivity contribution in [3.63, 3.8) is 0 Å². The number of anilines is 1. The van der Waals surface area contributed by atoms with Gasteiger partial charge in [-0.1, -0.05) is 6.07 Å². The molecule has 0 aliphatic carbocycles. The van der Waals surface area contributed by atoms with Gasteiger partial charge in [-0.15, -0.1) is 23.7 Å². The lowest BCUT2D eigenvalue weighted by Gasteiger charge is -2.19. The van der Waals surface area contributed by atoms with Crippen molar-refractivity contribution >= 4 is 45.6 Å². The number of benzene rings is 1. The summed E-state index contributed by atoms with van der Waals surface area (Å²) in [5, 5.41) is 6.40. The molecule has 2 aliphatic rings. The van der Waals surface area contributed by atoms with Gasteiger partial charge in [0.1, 0.15) is 16.5 Å². The Labute approximate surface area is 176 Å². The van der Waals surface area contributed by atoms with Crippen molar-refractivity contribution in [2.24, 2.45) is 0 Å². The second kappa shape index (κ2) is 7.51. The van der Waals surface area contributed by atoms with Crippen molar-refractivity contribution in [3.05, 3.63) is 55.7 Å². The normalized spacial score (nSPS) is 15.0. The number of nitrogens with one attached hydrogen (secondary N) is 2. The first-order valence-corrected chi connectivity index (χ1v) is 10.2. The minimum Gasteiger partial charge on any atom is -0.319 e. The molecule has 0 saturated carbocycles. The van der Waals surface area contributed by atoms with Crippen molar-refractivity contribution in [2.45, 2.75) is 39.3 Å². The van der Waals surface area contributed by atoms with E-state index in [0.717, 1.165) is 30.8 Å². The summed E-state index contributed by atoms with van der Waals surface area (Å²) in [6.45, 7) is 3.78. The highest BCUT2D eigenvalue weighted by Gasteiger charge is 2.24. The number of halogens is 2. The lowest BCUT2D eigenvalue weighted by atomic mass is 9.99.